The van der Waals surface area contributed by atoms with E-state index in [1.54, 1.807) is 6.92 Å². The van der Waals surface area contributed by atoms with Gasteiger partial charge in [0.1, 0.15) is 0 Å². The molecule has 1 aromatic carbocycles. The number of aromatic nitrogens is 2. The first-order chi connectivity index (χ1) is 11.5. The number of aromatic amines is 1. The number of hydrogen-bond donors (Lipinski definition) is 2. The molecule has 0 bridgehead atoms. The predicted octanol–water partition coefficient (Wildman–Crippen LogP) is 2.46. The lowest BCUT2D eigenvalue weighted by atomic mass is 10.3. The van der Waals surface area contributed by atoms with Crippen molar-refractivity contribution in [1.82, 2.24) is 9.97 Å². The Hall–Kier alpha value is -2.55. The van der Waals surface area contributed by atoms with Crippen LogP contribution in [0.15, 0.2) is 29.6 Å². The van der Waals surface area contributed by atoms with Crippen molar-refractivity contribution in [1.29, 1.82) is 0 Å². The Morgan fingerprint density at radius 2 is 2.21 bits per heavy atom. The second-order valence-electron chi connectivity index (χ2n) is 4.50. The maximum Gasteiger partial charge on any atom is 0.358 e. The molecule has 0 saturated carbocycles. The van der Waals surface area contributed by atoms with Crippen molar-refractivity contribution in [3.05, 3.63) is 35.9 Å². The van der Waals surface area contributed by atoms with Crippen LogP contribution in [0.3, 0.4) is 0 Å². The molecule has 1 aromatic heterocycles. The fourth-order valence-electron chi connectivity index (χ4n) is 1.76. The number of benzene rings is 1. The number of rotatable bonds is 7. The normalized spacial score (nSPS) is 10.3. The van der Waals surface area contributed by atoms with Gasteiger partial charge in [-0.3, -0.25) is 4.79 Å². The van der Waals surface area contributed by atoms with E-state index < -0.39 is 11.8 Å². The molecule has 0 aliphatic rings. The van der Waals surface area contributed by atoms with E-state index in [-0.39, 0.29) is 29.7 Å². The van der Waals surface area contributed by atoms with Gasteiger partial charge in [-0.2, -0.15) is 0 Å². The number of ether oxygens (including phenoxy) is 2. The Kier molecular flexibility index (Phi) is 6.19. The molecule has 0 radical (unpaired) electrons. The molecule has 0 spiro atoms. The third-order valence-corrected chi connectivity index (χ3v) is 3.70. The molecule has 2 aromatic rings. The van der Waals surface area contributed by atoms with E-state index in [0.29, 0.717) is 10.8 Å². The number of amides is 1. The standard InChI is InChI=1S/C15H16FN3O4S/c1-3-23-14(21)11-7-17-15(19-11)24-8-13(20)18-9-4-5-12(22-2)10(16)6-9/h4-7H,3,8H2,1-2H3,(H,17,19)(H,18,20). The third kappa shape index (κ3) is 4.72. The molecule has 0 aliphatic heterocycles. The minimum Gasteiger partial charge on any atom is -0.494 e. The highest BCUT2D eigenvalue weighted by Gasteiger charge is 2.13. The zero-order chi connectivity index (χ0) is 17.5. The summed E-state index contributed by atoms with van der Waals surface area (Å²) in [6.45, 7) is 1.96. The highest BCUT2D eigenvalue weighted by atomic mass is 32.2. The third-order valence-electron chi connectivity index (χ3n) is 2.81. The molecule has 0 aliphatic carbocycles. The first-order valence-corrected chi connectivity index (χ1v) is 8.00. The number of halogens is 1. The SMILES string of the molecule is CCOC(=O)c1c[nH]c(SCC(=O)Nc2ccc(OC)c(F)c2)n1. The van der Waals surface area contributed by atoms with E-state index in [1.165, 1.54) is 31.5 Å². The van der Waals surface area contributed by atoms with Gasteiger partial charge in [0.25, 0.3) is 0 Å². The van der Waals surface area contributed by atoms with Gasteiger partial charge in [0, 0.05) is 18.0 Å². The Bertz CT molecular complexity index is 735. The molecular formula is C15H16FN3O4S. The molecule has 2 N–H and O–H groups in total. The minimum absolute atomic E-state index is 0.0451. The Morgan fingerprint density at radius 1 is 1.42 bits per heavy atom. The van der Waals surface area contributed by atoms with Crippen LogP contribution in [0.2, 0.25) is 0 Å². The zero-order valence-corrected chi connectivity index (χ0v) is 13.9. The number of anilines is 1. The fourth-order valence-corrected chi connectivity index (χ4v) is 2.41. The van der Waals surface area contributed by atoms with E-state index in [9.17, 15) is 14.0 Å². The maximum atomic E-state index is 13.6. The molecular weight excluding hydrogens is 337 g/mol. The molecule has 128 valence electrons. The van der Waals surface area contributed by atoms with E-state index in [0.717, 1.165) is 11.8 Å². The lowest BCUT2D eigenvalue weighted by Crippen LogP contribution is -2.14. The topological polar surface area (TPSA) is 93.3 Å². The van der Waals surface area contributed by atoms with Crippen molar-refractivity contribution in [3.63, 3.8) is 0 Å². The zero-order valence-electron chi connectivity index (χ0n) is 13.1. The monoisotopic (exact) mass is 353 g/mol. The second kappa shape index (κ2) is 8.34. The first kappa shape index (κ1) is 17.8. The quantitative estimate of drug-likeness (QED) is 0.587. The van der Waals surface area contributed by atoms with Gasteiger partial charge >= 0.3 is 5.97 Å². The Labute approximate surface area is 141 Å². The van der Waals surface area contributed by atoms with Gasteiger partial charge in [-0.1, -0.05) is 11.8 Å². The highest BCUT2D eigenvalue weighted by Crippen LogP contribution is 2.21. The Balaban J connectivity index is 1.87. The van der Waals surface area contributed by atoms with Gasteiger partial charge in [-0.25, -0.2) is 14.2 Å². The average Bonchev–Trinajstić information content (AvgIpc) is 3.02. The van der Waals surface area contributed by atoms with Gasteiger partial charge in [0.15, 0.2) is 22.4 Å². The van der Waals surface area contributed by atoms with Crippen molar-refractivity contribution < 1.29 is 23.5 Å². The van der Waals surface area contributed by atoms with Crippen molar-refractivity contribution in [2.75, 3.05) is 24.8 Å². The van der Waals surface area contributed by atoms with Crippen LogP contribution in [0.1, 0.15) is 17.4 Å². The van der Waals surface area contributed by atoms with Gasteiger partial charge in [-0.15, -0.1) is 0 Å². The number of imidazole rings is 1. The molecule has 1 amide bonds. The number of carbonyl (C=O) groups is 2. The first-order valence-electron chi connectivity index (χ1n) is 7.02. The molecule has 9 heteroatoms. The summed E-state index contributed by atoms with van der Waals surface area (Å²) in [5.74, 6) is -1.28. The number of H-pyrrole nitrogens is 1. The summed E-state index contributed by atoms with van der Waals surface area (Å²) >= 11 is 1.11. The van der Waals surface area contributed by atoms with Crippen LogP contribution in [0.25, 0.3) is 0 Å². The number of methoxy groups -OCH3 is 1. The van der Waals surface area contributed by atoms with Crippen molar-refractivity contribution >= 4 is 29.3 Å². The van der Waals surface area contributed by atoms with Crippen LogP contribution >= 0.6 is 11.8 Å². The Morgan fingerprint density at radius 3 is 2.88 bits per heavy atom. The lowest BCUT2D eigenvalue weighted by Gasteiger charge is -2.06. The summed E-state index contributed by atoms with van der Waals surface area (Å²) in [5, 5.41) is 2.98. The summed E-state index contributed by atoms with van der Waals surface area (Å²) < 4.78 is 23.2. The molecule has 7 nitrogen and oxygen atoms in total. The molecule has 0 fully saturated rings. The number of esters is 1. The molecule has 0 saturated heterocycles. The van der Waals surface area contributed by atoms with Crippen LogP contribution in [0, 0.1) is 5.82 Å². The number of nitrogens with zero attached hydrogens (tertiary/aromatic N) is 1. The number of nitrogens with one attached hydrogen (secondary N) is 2. The number of hydrogen-bond acceptors (Lipinski definition) is 6. The molecule has 24 heavy (non-hydrogen) atoms. The average molecular weight is 353 g/mol. The largest absolute Gasteiger partial charge is 0.494 e. The van der Waals surface area contributed by atoms with Crippen LogP contribution in [-0.2, 0) is 9.53 Å². The predicted molar refractivity (Wildman–Crippen MR) is 86.8 cm³/mol. The smallest absolute Gasteiger partial charge is 0.358 e. The molecule has 2 rings (SSSR count). The van der Waals surface area contributed by atoms with Crippen molar-refractivity contribution in [2.24, 2.45) is 0 Å². The molecule has 1 heterocycles. The summed E-state index contributed by atoms with van der Waals surface area (Å²) in [7, 11) is 1.36. The fraction of sp³-hybridized carbons (Fsp3) is 0.267. The van der Waals surface area contributed by atoms with Crippen LogP contribution in [-0.4, -0.2) is 41.3 Å². The number of carbonyl (C=O) groups excluding carboxylic acids is 2. The van der Waals surface area contributed by atoms with E-state index >= 15 is 0 Å². The van der Waals surface area contributed by atoms with Crippen LogP contribution < -0.4 is 10.1 Å². The highest BCUT2D eigenvalue weighted by molar-refractivity contribution is 7.99. The van der Waals surface area contributed by atoms with Gasteiger partial charge in [-0.05, 0) is 19.1 Å². The summed E-state index contributed by atoms with van der Waals surface area (Å²) in [5.41, 5.74) is 0.475. The summed E-state index contributed by atoms with van der Waals surface area (Å²) in [4.78, 5) is 30.2. The molecule has 0 unspecified atom stereocenters. The maximum absolute atomic E-state index is 13.6. The van der Waals surface area contributed by atoms with Crippen molar-refractivity contribution in [3.8, 4) is 5.75 Å². The van der Waals surface area contributed by atoms with Crippen LogP contribution in [0.5, 0.6) is 5.75 Å². The van der Waals surface area contributed by atoms with Crippen LogP contribution in [0.4, 0.5) is 10.1 Å². The van der Waals surface area contributed by atoms with E-state index in [2.05, 4.69) is 15.3 Å². The minimum atomic E-state index is -0.562. The molecule has 0 atom stereocenters. The van der Waals surface area contributed by atoms with E-state index in [1.807, 2.05) is 0 Å². The van der Waals surface area contributed by atoms with E-state index in [4.69, 9.17) is 9.47 Å². The summed E-state index contributed by atoms with van der Waals surface area (Å²) in [6.07, 6.45) is 1.41. The lowest BCUT2D eigenvalue weighted by molar-refractivity contribution is -0.113. The second-order valence-corrected chi connectivity index (χ2v) is 5.46. The van der Waals surface area contributed by atoms with Gasteiger partial charge in [0.2, 0.25) is 5.91 Å². The van der Waals surface area contributed by atoms with Crippen molar-refractivity contribution in [2.45, 2.75) is 12.1 Å². The van der Waals surface area contributed by atoms with Gasteiger partial charge in [0.05, 0.1) is 19.5 Å². The van der Waals surface area contributed by atoms with Gasteiger partial charge < -0.3 is 19.8 Å². The summed E-state index contributed by atoms with van der Waals surface area (Å²) in [6, 6.07) is 4.14. The number of thioether (sulfide) groups is 1.